The van der Waals surface area contributed by atoms with Crippen molar-refractivity contribution in [2.75, 3.05) is 14.2 Å². The Bertz CT molecular complexity index is 2490. The number of halogens is 1. The minimum absolute atomic E-state index is 0.00857. The number of carbonyl (C=O) groups is 4. The van der Waals surface area contributed by atoms with E-state index in [1.807, 2.05) is 77.6 Å². The summed E-state index contributed by atoms with van der Waals surface area (Å²) in [6, 6.07) is 11.6. The fourth-order valence-electron chi connectivity index (χ4n) is 9.73. The molecule has 3 aromatic carbocycles. The fourth-order valence-corrected chi connectivity index (χ4v) is 9.73. The highest BCUT2D eigenvalue weighted by atomic mass is 19.1. The highest BCUT2D eigenvalue weighted by Gasteiger charge is 2.45. The number of methoxy groups -OCH3 is 2. The number of H-pyrrole nitrogens is 1. The lowest BCUT2D eigenvalue weighted by molar-refractivity contribution is -0.139. The number of aromatic nitrogens is 2. The normalized spacial score (nSPS) is 21.4. The molecule has 5 heterocycles. The molecule has 6 atom stereocenters. The molecule has 1 aromatic heterocycles. The van der Waals surface area contributed by atoms with Gasteiger partial charge in [0.25, 0.3) is 0 Å². The molecule has 0 unspecified atom stereocenters. The summed E-state index contributed by atoms with van der Waals surface area (Å²) in [6.07, 6.45) is 2.16. The Labute approximate surface area is 361 Å². The molecule has 2 saturated heterocycles. The molecule has 0 saturated carbocycles. The van der Waals surface area contributed by atoms with E-state index < -0.39 is 41.7 Å². The first-order chi connectivity index (χ1) is 29.5. The van der Waals surface area contributed by atoms with Gasteiger partial charge in [-0.25, -0.2) is 14.6 Å². The summed E-state index contributed by atoms with van der Waals surface area (Å²) in [7, 11) is 2.55. The molecule has 0 spiro atoms. The maximum Gasteiger partial charge on any atom is 0.407 e. The predicted molar refractivity (Wildman–Crippen MR) is 233 cm³/mol. The van der Waals surface area contributed by atoms with Crippen LogP contribution in [0, 0.1) is 17.3 Å². The Balaban J connectivity index is 1.03. The summed E-state index contributed by atoms with van der Waals surface area (Å²) < 4.78 is 31.9. The second-order valence-corrected chi connectivity index (χ2v) is 18.5. The van der Waals surface area contributed by atoms with Crippen molar-refractivity contribution in [2.45, 2.75) is 123 Å². The van der Waals surface area contributed by atoms with Crippen LogP contribution in [0.15, 0.2) is 47.5 Å². The molecule has 2 fully saturated rings. The maximum absolute atomic E-state index is 15.9. The van der Waals surface area contributed by atoms with Crippen LogP contribution < -0.4 is 15.4 Å². The molecule has 0 radical (unpaired) electrons. The van der Waals surface area contributed by atoms with E-state index in [-0.39, 0.29) is 48.2 Å². The SMILES string of the molecule is COC(=O)N[C@H](C(=O)N1[C@@H](C)CC[C@H]1C1=Nc2ccc3cc4c(cc3c2C1)OCc1cc(-c2nc([C@@H]3CC[C@H](C)N3C(=O)[C@@H](NC(=O)OC)C(C)(C)C)[nH]c2F)ccc1-4)C(C)C. The van der Waals surface area contributed by atoms with E-state index in [9.17, 15) is 19.2 Å². The lowest BCUT2D eigenvalue weighted by atomic mass is 9.85. The van der Waals surface area contributed by atoms with Crippen LogP contribution >= 0.6 is 0 Å². The fraction of sp³-hybridized carbons (Fsp3) is 0.489. The number of ether oxygens (including phenoxy) is 3. The molecule has 4 amide bonds. The van der Waals surface area contributed by atoms with E-state index in [1.165, 1.54) is 14.2 Å². The van der Waals surface area contributed by atoms with Gasteiger partial charge in [0.2, 0.25) is 17.8 Å². The third-order valence-electron chi connectivity index (χ3n) is 13.1. The molecule has 0 bridgehead atoms. The molecule has 14 nitrogen and oxygen atoms in total. The Morgan fingerprint density at radius 1 is 0.871 bits per heavy atom. The average Bonchev–Trinajstić information content (AvgIpc) is 4.04. The van der Waals surface area contributed by atoms with Crippen molar-refractivity contribution in [2.24, 2.45) is 16.3 Å². The van der Waals surface area contributed by atoms with Gasteiger partial charge in [-0.3, -0.25) is 14.6 Å². The summed E-state index contributed by atoms with van der Waals surface area (Å²) >= 11 is 0. The van der Waals surface area contributed by atoms with Crippen LogP contribution in [0.4, 0.5) is 19.7 Å². The average molecular weight is 850 g/mol. The van der Waals surface area contributed by atoms with Crippen molar-refractivity contribution in [3.8, 4) is 28.1 Å². The highest BCUT2D eigenvalue weighted by molar-refractivity contribution is 6.06. The summed E-state index contributed by atoms with van der Waals surface area (Å²) in [5, 5.41) is 7.51. The van der Waals surface area contributed by atoms with Gasteiger partial charge in [0.05, 0.1) is 32.0 Å². The largest absolute Gasteiger partial charge is 0.488 e. The van der Waals surface area contributed by atoms with E-state index in [0.717, 1.165) is 63.0 Å². The number of benzene rings is 3. The number of likely N-dealkylation sites (tertiary alicyclic amines) is 2. The predicted octanol–water partition coefficient (Wildman–Crippen LogP) is 8.14. The van der Waals surface area contributed by atoms with Crippen molar-refractivity contribution in [3.05, 3.63) is 65.4 Å². The molecule has 4 aliphatic rings. The van der Waals surface area contributed by atoms with Gasteiger partial charge in [-0.05, 0) is 103 Å². The van der Waals surface area contributed by atoms with Crippen LogP contribution in [0.1, 0.15) is 97.1 Å². The van der Waals surface area contributed by atoms with Crippen molar-refractivity contribution in [3.63, 3.8) is 0 Å². The number of aliphatic imine (C=N–C) groups is 1. The molecule has 0 aliphatic carbocycles. The first kappa shape index (κ1) is 42.7. The van der Waals surface area contributed by atoms with E-state index in [0.29, 0.717) is 30.7 Å². The van der Waals surface area contributed by atoms with Crippen LogP contribution in [-0.4, -0.2) is 93.9 Å². The zero-order chi connectivity index (χ0) is 44.4. The molecule has 8 rings (SSSR count). The third-order valence-corrected chi connectivity index (χ3v) is 13.1. The Morgan fingerprint density at radius 2 is 1.55 bits per heavy atom. The maximum atomic E-state index is 15.9. The van der Waals surface area contributed by atoms with Gasteiger partial charge in [0.1, 0.15) is 36.0 Å². The molecular formula is C47H56FN7O7. The van der Waals surface area contributed by atoms with Crippen molar-refractivity contribution >= 4 is 46.2 Å². The van der Waals surface area contributed by atoms with Gasteiger partial charge in [-0.2, -0.15) is 4.39 Å². The van der Waals surface area contributed by atoms with E-state index in [2.05, 4.69) is 33.8 Å². The number of rotatable bonds is 8. The first-order valence-electron chi connectivity index (χ1n) is 21.5. The molecule has 4 aliphatic heterocycles. The van der Waals surface area contributed by atoms with Crippen molar-refractivity contribution in [1.29, 1.82) is 0 Å². The topological polar surface area (TPSA) is 168 Å². The number of nitrogens with one attached hydrogen (secondary N) is 3. The molecule has 15 heteroatoms. The van der Waals surface area contributed by atoms with E-state index >= 15 is 4.39 Å². The Kier molecular flexibility index (Phi) is 11.3. The highest BCUT2D eigenvalue weighted by Crippen LogP contribution is 2.46. The van der Waals surface area contributed by atoms with Crippen LogP contribution in [-0.2, 0) is 32.1 Å². The first-order valence-corrected chi connectivity index (χ1v) is 21.5. The number of nitrogens with zero attached hydrogens (tertiary/aromatic N) is 4. The number of aromatic amines is 1. The van der Waals surface area contributed by atoms with Gasteiger partial charge >= 0.3 is 12.2 Å². The number of amides is 4. The number of imidazole rings is 1. The number of hydrogen-bond donors (Lipinski definition) is 3. The van der Waals surface area contributed by atoms with Gasteiger partial charge < -0.3 is 39.6 Å². The quantitative estimate of drug-likeness (QED) is 0.160. The minimum Gasteiger partial charge on any atom is -0.488 e. The lowest BCUT2D eigenvalue weighted by Gasteiger charge is -2.36. The lowest BCUT2D eigenvalue weighted by Crippen LogP contribution is -2.55. The summed E-state index contributed by atoms with van der Waals surface area (Å²) in [6.45, 7) is 13.7. The van der Waals surface area contributed by atoms with Gasteiger partial charge in [0, 0.05) is 35.3 Å². The second kappa shape index (κ2) is 16.4. The molecule has 3 N–H and O–H groups in total. The zero-order valence-corrected chi connectivity index (χ0v) is 36.9. The smallest absolute Gasteiger partial charge is 0.407 e. The van der Waals surface area contributed by atoms with Crippen LogP contribution in [0.25, 0.3) is 33.2 Å². The summed E-state index contributed by atoms with van der Waals surface area (Å²) in [4.78, 5) is 68.7. The second-order valence-electron chi connectivity index (χ2n) is 18.5. The van der Waals surface area contributed by atoms with Crippen molar-refractivity contribution < 1.29 is 37.8 Å². The third kappa shape index (κ3) is 7.63. The number of alkyl carbamates (subject to hydrolysis) is 2. The number of fused-ring (bicyclic) bond motifs is 6. The van der Waals surface area contributed by atoms with Gasteiger partial charge in [0.15, 0.2) is 0 Å². The minimum atomic E-state index is -0.865. The molecule has 328 valence electrons. The Hall–Kier alpha value is -5.99. The van der Waals surface area contributed by atoms with Crippen LogP contribution in [0.5, 0.6) is 5.75 Å². The Morgan fingerprint density at radius 3 is 2.23 bits per heavy atom. The van der Waals surface area contributed by atoms with E-state index in [1.54, 1.807) is 4.90 Å². The zero-order valence-electron chi connectivity index (χ0n) is 36.9. The van der Waals surface area contributed by atoms with Crippen molar-refractivity contribution in [1.82, 2.24) is 30.4 Å². The number of carbonyl (C=O) groups excluding carboxylic acids is 4. The van der Waals surface area contributed by atoms with Gasteiger partial charge in [-0.1, -0.05) is 52.8 Å². The van der Waals surface area contributed by atoms with Crippen LogP contribution in [0.3, 0.4) is 0 Å². The molecule has 4 aromatic rings. The molecular weight excluding hydrogens is 794 g/mol. The number of hydrogen-bond acceptors (Lipinski definition) is 9. The summed E-state index contributed by atoms with van der Waals surface area (Å²) in [5.41, 5.74) is 5.81. The summed E-state index contributed by atoms with van der Waals surface area (Å²) in [5.74, 6) is -0.0494. The monoisotopic (exact) mass is 849 g/mol. The standard InChI is InChI=1S/C47H56FN7O7/c1-23(2)38(51-45(58)60-8)43(56)54-24(3)10-16-35(54)34-20-31-30-21-37-32(19-26(30)13-15-33(31)49-34)29-14-12-27(18-28(29)22-62-37)39-41(48)53-42(50-39)36-17-11-25(4)55(36)44(57)40(47(5,6)7)52-46(59)61-9/h12-15,18-19,21,23-25,35-36,38,40H,10-11,16-17,20,22H2,1-9H3,(H,50,53)(H,51,58)(H,52,59)/t24-,25-,35-,36-,38-,40+/m0/s1. The molecule has 62 heavy (non-hydrogen) atoms. The van der Waals surface area contributed by atoms with Gasteiger partial charge in [-0.15, -0.1) is 0 Å². The van der Waals surface area contributed by atoms with E-state index in [4.69, 9.17) is 24.2 Å². The van der Waals surface area contributed by atoms with Crippen LogP contribution in [0.2, 0.25) is 0 Å².